The van der Waals surface area contributed by atoms with Gasteiger partial charge in [-0.25, -0.2) is 4.98 Å². The molecule has 0 aliphatic heterocycles. The second kappa shape index (κ2) is 5.11. The summed E-state index contributed by atoms with van der Waals surface area (Å²) in [6.45, 7) is 1.93. The number of nitrogens with one attached hydrogen (secondary N) is 1. The van der Waals surface area contributed by atoms with Crippen LogP contribution in [-0.2, 0) is 0 Å². The Morgan fingerprint density at radius 1 is 1.28 bits per heavy atom. The van der Waals surface area contributed by atoms with Crippen molar-refractivity contribution in [1.82, 2.24) is 4.98 Å². The maximum atomic E-state index is 11.9. The van der Waals surface area contributed by atoms with Gasteiger partial charge in [-0.3, -0.25) is 4.79 Å². The molecule has 2 aromatic rings. The maximum absolute atomic E-state index is 11.9. The molecule has 88 valence electrons. The van der Waals surface area contributed by atoms with Crippen molar-refractivity contribution in [2.75, 3.05) is 5.32 Å². The molecular weight excluding hydrogens is 226 g/mol. The fraction of sp³-hybridized carbons (Fsp3) is 0.0714. The Hall–Kier alpha value is -2.67. The first-order valence-electron chi connectivity index (χ1n) is 5.43. The molecule has 0 aliphatic rings. The Kier molecular flexibility index (Phi) is 3.35. The number of carbonyl (C=O) groups is 1. The van der Waals surface area contributed by atoms with E-state index in [0.717, 1.165) is 5.56 Å². The fourth-order valence-electron chi connectivity index (χ4n) is 1.49. The van der Waals surface area contributed by atoms with Crippen LogP contribution in [0.25, 0.3) is 0 Å². The molecule has 0 radical (unpaired) electrons. The van der Waals surface area contributed by atoms with E-state index in [-0.39, 0.29) is 5.91 Å². The standard InChI is InChI=1S/C14H11N3O/c1-10-6-7-16-13(8-10)17-14(18)12-4-2-11(9-15)3-5-12/h2-8H,1H3,(H,16,17,18). The maximum Gasteiger partial charge on any atom is 0.256 e. The molecule has 0 bridgehead atoms. The lowest BCUT2D eigenvalue weighted by molar-refractivity contribution is 0.102. The molecule has 1 heterocycles. The van der Waals surface area contributed by atoms with Gasteiger partial charge in [0.2, 0.25) is 0 Å². The second-order valence-corrected chi connectivity index (χ2v) is 3.86. The Morgan fingerprint density at radius 2 is 2.00 bits per heavy atom. The lowest BCUT2D eigenvalue weighted by Crippen LogP contribution is -2.12. The first kappa shape index (κ1) is 11.8. The van der Waals surface area contributed by atoms with E-state index < -0.39 is 0 Å². The molecule has 0 saturated carbocycles. The minimum Gasteiger partial charge on any atom is -0.307 e. The minimum atomic E-state index is -0.238. The second-order valence-electron chi connectivity index (χ2n) is 3.86. The SMILES string of the molecule is Cc1ccnc(NC(=O)c2ccc(C#N)cc2)c1. The minimum absolute atomic E-state index is 0.238. The van der Waals surface area contributed by atoms with Crippen molar-refractivity contribution in [3.05, 3.63) is 59.3 Å². The predicted molar refractivity (Wildman–Crippen MR) is 68.1 cm³/mol. The van der Waals surface area contributed by atoms with Crippen molar-refractivity contribution in [3.8, 4) is 6.07 Å². The van der Waals surface area contributed by atoms with Gasteiger partial charge in [0, 0.05) is 11.8 Å². The van der Waals surface area contributed by atoms with E-state index >= 15 is 0 Å². The molecule has 18 heavy (non-hydrogen) atoms. The molecule has 0 atom stereocenters. The van der Waals surface area contributed by atoms with E-state index in [1.807, 2.05) is 19.1 Å². The van der Waals surface area contributed by atoms with Crippen LogP contribution in [0, 0.1) is 18.3 Å². The van der Waals surface area contributed by atoms with Gasteiger partial charge in [0.15, 0.2) is 0 Å². The zero-order valence-corrected chi connectivity index (χ0v) is 9.84. The van der Waals surface area contributed by atoms with Gasteiger partial charge >= 0.3 is 0 Å². The lowest BCUT2D eigenvalue weighted by Gasteiger charge is -2.04. The van der Waals surface area contributed by atoms with Gasteiger partial charge in [-0.15, -0.1) is 0 Å². The zero-order valence-electron chi connectivity index (χ0n) is 9.84. The van der Waals surface area contributed by atoms with Crippen molar-refractivity contribution in [1.29, 1.82) is 5.26 Å². The molecule has 1 aromatic carbocycles. The number of anilines is 1. The highest BCUT2D eigenvalue weighted by atomic mass is 16.1. The van der Waals surface area contributed by atoms with Gasteiger partial charge < -0.3 is 5.32 Å². The number of aryl methyl sites for hydroxylation is 1. The zero-order chi connectivity index (χ0) is 13.0. The van der Waals surface area contributed by atoms with E-state index in [4.69, 9.17) is 5.26 Å². The Morgan fingerprint density at radius 3 is 2.61 bits per heavy atom. The van der Waals surface area contributed by atoms with Crippen LogP contribution >= 0.6 is 0 Å². The average molecular weight is 237 g/mol. The van der Waals surface area contributed by atoms with Crippen LogP contribution in [0.15, 0.2) is 42.6 Å². The summed E-state index contributed by atoms with van der Waals surface area (Å²) >= 11 is 0. The van der Waals surface area contributed by atoms with E-state index in [0.29, 0.717) is 16.9 Å². The van der Waals surface area contributed by atoms with Gasteiger partial charge in [-0.1, -0.05) is 0 Å². The number of nitriles is 1. The molecule has 0 aliphatic carbocycles. The molecule has 0 spiro atoms. The number of amides is 1. The molecule has 2 rings (SSSR count). The van der Waals surface area contributed by atoms with Crippen molar-refractivity contribution >= 4 is 11.7 Å². The molecule has 1 aromatic heterocycles. The van der Waals surface area contributed by atoms with Crippen LogP contribution in [0.3, 0.4) is 0 Å². The summed E-state index contributed by atoms with van der Waals surface area (Å²) in [5, 5.41) is 11.4. The van der Waals surface area contributed by atoms with Crippen LogP contribution < -0.4 is 5.32 Å². The summed E-state index contributed by atoms with van der Waals surface area (Å²) < 4.78 is 0. The molecule has 4 heteroatoms. The molecule has 0 unspecified atom stereocenters. The van der Waals surface area contributed by atoms with Gasteiger partial charge in [-0.05, 0) is 48.9 Å². The third-order valence-electron chi connectivity index (χ3n) is 2.43. The van der Waals surface area contributed by atoms with E-state index in [1.54, 1.807) is 36.5 Å². The Labute approximate surface area is 105 Å². The first-order valence-corrected chi connectivity index (χ1v) is 5.43. The summed E-state index contributed by atoms with van der Waals surface area (Å²) in [5.74, 6) is 0.280. The number of carbonyl (C=O) groups excluding carboxylic acids is 1. The number of hydrogen-bond donors (Lipinski definition) is 1. The molecule has 1 N–H and O–H groups in total. The fourth-order valence-corrected chi connectivity index (χ4v) is 1.49. The molecule has 1 amide bonds. The van der Waals surface area contributed by atoms with Gasteiger partial charge in [-0.2, -0.15) is 5.26 Å². The molecule has 0 saturated heterocycles. The van der Waals surface area contributed by atoms with Crippen LogP contribution in [0.2, 0.25) is 0 Å². The highest BCUT2D eigenvalue weighted by Gasteiger charge is 2.06. The average Bonchev–Trinajstić information content (AvgIpc) is 2.39. The van der Waals surface area contributed by atoms with Gasteiger partial charge in [0.25, 0.3) is 5.91 Å². The summed E-state index contributed by atoms with van der Waals surface area (Å²) in [7, 11) is 0. The van der Waals surface area contributed by atoms with E-state index in [2.05, 4.69) is 10.3 Å². The topological polar surface area (TPSA) is 65.8 Å². The quantitative estimate of drug-likeness (QED) is 0.872. The summed E-state index contributed by atoms with van der Waals surface area (Å²) in [6, 6.07) is 12.1. The first-order chi connectivity index (χ1) is 8.69. The van der Waals surface area contributed by atoms with Crippen LogP contribution in [-0.4, -0.2) is 10.9 Å². The smallest absolute Gasteiger partial charge is 0.256 e. The highest BCUT2D eigenvalue weighted by molar-refractivity contribution is 6.03. The van der Waals surface area contributed by atoms with Crippen molar-refractivity contribution in [2.45, 2.75) is 6.92 Å². The predicted octanol–water partition coefficient (Wildman–Crippen LogP) is 2.51. The van der Waals surface area contributed by atoms with E-state index in [9.17, 15) is 4.79 Å². The molecular formula is C14H11N3O. The number of benzene rings is 1. The monoisotopic (exact) mass is 237 g/mol. The highest BCUT2D eigenvalue weighted by Crippen LogP contribution is 2.09. The van der Waals surface area contributed by atoms with Gasteiger partial charge in [0.05, 0.1) is 11.6 Å². The summed E-state index contributed by atoms with van der Waals surface area (Å²) in [6.07, 6.45) is 1.64. The number of rotatable bonds is 2. The van der Waals surface area contributed by atoms with Crippen molar-refractivity contribution < 1.29 is 4.79 Å². The van der Waals surface area contributed by atoms with Crippen molar-refractivity contribution in [3.63, 3.8) is 0 Å². The molecule has 0 fully saturated rings. The third kappa shape index (κ3) is 2.71. The van der Waals surface area contributed by atoms with Crippen LogP contribution in [0.5, 0.6) is 0 Å². The number of pyridine rings is 1. The molecule has 4 nitrogen and oxygen atoms in total. The van der Waals surface area contributed by atoms with E-state index in [1.165, 1.54) is 0 Å². The summed E-state index contributed by atoms with van der Waals surface area (Å²) in [5.41, 5.74) is 2.05. The van der Waals surface area contributed by atoms with Crippen molar-refractivity contribution in [2.24, 2.45) is 0 Å². The summed E-state index contributed by atoms with van der Waals surface area (Å²) in [4.78, 5) is 15.9. The Bertz CT molecular complexity index is 612. The third-order valence-corrected chi connectivity index (χ3v) is 2.43. The largest absolute Gasteiger partial charge is 0.307 e. The van der Waals surface area contributed by atoms with Crippen LogP contribution in [0.1, 0.15) is 21.5 Å². The van der Waals surface area contributed by atoms with Crippen LogP contribution in [0.4, 0.5) is 5.82 Å². The van der Waals surface area contributed by atoms with Gasteiger partial charge in [0.1, 0.15) is 5.82 Å². The number of hydrogen-bond acceptors (Lipinski definition) is 3. The Balaban J connectivity index is 2.14. The normalized spacial score (nSPS) is 9.56. The lowest BCUT2D eigenvalue weighted by atomic mass is 10.1. The number of nitrogens with zero attached hydrogens (tertiary/aromatic N) is 2. The number of aromatic nitrogens is 1.